The molecule has 4 nitrogen and oxygen atoms in total. The lowest BCUT2D eigenvalue weighted by atomic mass is 10.1. The lowest BCUT2D eigenvalue weighted by molar-refractivity contribution is -0.136. The van der Waals surface area contributed by atoms with Crippen LogP contribution in [-0.4, -0.2) is 46.1 Å². The second kappa shape index (κ2) is 5.18. The molecular weight excluding hydrogens is 167 g/mol. The zero-order chi connectivity index (χ0) is 9.72. The van der Waals surface area contributed by atoms with E-state index in [-0.39, 0.29) is 13.0 Å². The first-order valence-electron chi connectivity index (χ1n) is 3.65. The predicted molar refractivity (Wildman–Crippen MR) is 39.3 cm³/mol. The van der Waals surface area contributed by atoms with Crippen LogP contribution in [0.3, 0.4) is 0 Å². The van der Waals surface area contributed by atoms with Crippen LogP contribution in [0.1, 0.15) is 13.3 Å². The lowest BCUT2D eigenvalue weighted by Gasteiger charge is -2.13. The molecule has 0 aliphatic carbocycles. The molecule has 0 aliphatic rings. The molecule has 12 heavy (non-hydrogen) atoms. The molecule has 3 atom stereocenters. The zero-order valence-electron chi connectivity index (χ0n) is 6.77. The summed E-state index contributed by atoms with van der Waals surface area (Å²) < 4.78 is 12.7. The molecule has 0 saturated heterocycles. The first-order valence-corrected chi connectivity index (χ1v) is 3.65. The average molecular weight is 180 g/mol. The second-order valence-corrected chi connectivity index (χ2v) is 2.57. The minimum atomic E-state index is -2.08. The standard InChI is InChI=1S/C7H13FO4/c1-4(10)6(8)7(12)5(11)2-3-9/h4-6,9-11H,2-3H2,1H3. The van der Waals surface area contributed by atoms with Crippen LogP contribution < -0.4 is 0 Å². The molecule has 0 radical (unpaired) electrons. The smallest absolute Gasteiger partial charge is 0.197 e. The van der Waals surface area contributed by atoms with Crippen LogP contribution in [0.4, 0.5) is 4.39 Å². The largest absolute Gasteiger partial charge is 0.396 e. The summed E-state index contributed by atoms with van der Waals surface area (Å²) in [6.45, 7) is 0.730. The van der Waals surface area contributed by atoms with Gasteiger partial charge in [0.25, 0.3) is 0 Å². The molecule has 3 N–H and O–H groups in total. The van der Waals surface area contributed by atoms with E-state index in [2.05, 4.69) is 0 Å². The minimum Gasteiger partial charge on any atom is -0.396 e. The van der Waals surface area contributed by atoms with Gasteiger partial charge in [0, 0.05) is 13.0 Å². The summed E-state index contributed by atoms with van der Waals surface area (Å²) in [6.07, 6.45) is -5.23. The molecule has 0 amide bonds. The highest BCUT2D eigenvalue weighted by atomic mass is 19.1. The Morgan fingerprint density at radius 3 is 2.33 bits per heavy atom. The maximum absolute atomic E-state index is 12.7. The summed E-state index contributed by atoms with van der Waals surface area (Å²) in [7, 11) is 0. The van der Waals surface area contributed by atoms with Gasteiger partial charge in [-0.3, -0.25) is 4.79 Å². The fraction of sp³-hybridized carbons (Fsp3) is 0.857. The first-order chi connectivity index (χ1) is 5.50. The van der Waals surface area contributed by atoms with E-state index in [9.17, 15) is 9.18 Å². The number of rotatable bonds is 5. The van der Waals surface area contributed by atoms with E-state index in [1.54, 1.807) is 0 Å². The number of halogens is 1. The fourth-order valence-electron chi connectivity index (χ4n) is 0.686. The summed E-state index contributed by atoms with van der Waals surface area (Å²) in [5.41, 5.74) is 0. The van der Waals surface area contributed by atoms with Crippen molar-refractivity contribution in [3.05, 3.63) is 0 Å². The van der Waals surface area contributed by atoms with Crippen molar-refractivity contribution in [2.75, 3.05) is 6.61 Å². The Balaban J connectivity index is 4.00. The number of carbonyl (C=O) groups excluding carboxylic acids is 1. The van der Waals surface area contributed by atoms with E-state index < -0.39 is 24.2 Å². The highest BCUT2D eigenvalue weighted by molar-refractivity contribution is 5.87. The molecule has 0 aromatic carbocycles. The number of aliphatic hydroxyl groups excluding tert-OH is 3. The molecule has 3 unspecified atom stereocenters. The summed E-state index contributed by atoms with van der Waals surface area (Å²) in [6, 6.07) is 0. The summed E-state index contributed by atoms with van der Waals surface area (Å²) >= 11 is 0. The van der Waals surface area contributed by atoms with E-state index in [1.807, 2.05) is 0 Å². The third-order valence-corrected chi connectivity index (χ3v) is 1.43. The Labute approximate surface area is 69.6 Å². The lowest BCUT2D eigenvalue weighted by Crippen LogP contribution is -2.36. The Morgan fingerprint density at radius 1 is 1.50 bits per heavy atom. The molecule has 0 heterocycles. The van der Waals surface area contributed by atoms with Gasteiger partial charge in [0.2, 0.25) is 0 Å². The second-order valence-electron chi connectivity index (χ2n) is 2.57. The van der Waals surface area contributed by atoms with Crippen molar-refractivity contribution in [3.8, 4) is 0 Å². The molecule has 0 aromatic rings. The van der Waals surface area contributed by atoms with Gasteiger partial charge in [-0.25, -0.2) is 4.39 Å². The average Bonchev–Trinajstić information content (AvgIpc) is 2.02. The van der Waals surface area contributed by atoms with Crippen LogP contribution in [0, 0.1) is 0 Å². The molecular formula is C7H13FO4. The van der Waals surface area contributed by atoms with Gasteiger partial charge in [-0.05, 0) is 6.92 Å². The van der Waals surface area contributed by atoms with E-state index in [0.717, 1.165) is 6.92 Å². The zero-order valence-corrected chi connectivity index (χ0v) is 6.77. The molecule has 5 heteroatoms. The molecule has 0 rings (SSSR count). The number of ketones is 1. The van der Waals surface area contributed by atoms with Crippen molar-refractivity contribution < 1.29 is 24.5 Å². The van der Waals surface area contributed by atoms with Crippen molar-refractivity contribution >= 4 is 5.78 Å². The van der Waals surface area contributed by atoms with Crippen LogP contribution in [0.5, 0.6) is 0 Å². The highest BCUT2D eigenvalue weighted by Gasteiger charge is 2.28. The van der Waals surface area contributed by atoms with Gasteiger partial charge in [0.1, 0.15) is 6.10 Å². The van der Waals surface area contributed by atoms with Crippen LogP contribution in [0.25, 0.3) is 0 Å². The number of alkyl halides is 1. The van der Waals surface area contributed by atoms with Gasteiger partial charge in [-0.2, -0.15) is 0 Å². The van der Waals surface area contributed by atoms with Crippen molar-refractivity contribution in [1.82, 2.24) is 0 Å². The van der Waals surface area contributed by atoms with Crippen LogP contribution in [0.2, 0.25) is 0 Å². The molecule has 0 spiro atoms. The number of hydrogen-bond acceptors (Lipinski definition) is 4. The number of carbonyl (C=O) groups is 1. The van der Waals surface area contributed by atoms with Crippen molar-refractivity contribution in [2.24, 2.45) is 0 Å². The quantitative estimate of drug-likeness (QED) is 0.508. The third-order valence-electron chi connectivity index (χ3n) is 1.43. The molecule has 0 fully saturated rings. The number of Topliss-reactive ketones (excluding diaryl/α,β-unsaturated/α-hetero) is 1. The van der Waals surface area contributed by atoms with Crippen LogP contribution >= 0.6 is 0 Å². The molecule has 0 bridgehead atoms. The maximum atomic E-state index is 12.7. The van der Waals surface area contributed by atoms with Gasteiger partial charge in [-0.1, -0.05) is 0 Å². The van der Waals surface area contributed by atoms with E-state index >= 15 is 0 Å². The van der Waals surface area contributed by atoms with Crippen molar-refractivity contribution in [2.45, 2.75) is 31.7 Å². The van der Waals surface area contributed by atoms with Crippen LogP contribution in [0.15, 0.2) is 0 Å². The van der Waals surface area contributed by atoms with Crippen molar-refractivity contribution in [3.63, 3.8) is 0 Å². The normalized spacial score (nSPS) is 18.4. The first kappa shape index (κ1) is 11.5. The van der Waals surface area contributed by atoms with E-state index in [1.165, 1.54) is 0 Å². The van der Waals surface area contributed by atoms with Gasteiger partial charge in [0.15, 0.2) is 12.0 Å². The SMILES string of the molecule is CC(O)C(F)C(=O)C(O)CCO. The molecule has 72 valence electrons. The minimum absolute atomic E-state index is 0.202. The van der Waals surface area contributed by atoms with Gasteiger partial charge in [0.05, 0.1) is 6.10 Å². The summed E-state index contributed by atoms with van der Waals surface area (Å²) in [5.74, 6) is -1.08. The maximum Gasteiger partial charge on any atom is 0.197 e. The molecule has 0 aliphatic heterocycles. The third kappa shape index (κ3) is 3.25. The molecule has 0 aromatic heterocycles. The Hall–Kier alpha value is -0.520. The van der Waals surface area contributed by atoms with Gasteiger partial charge < -0.3 is 15.3 Å². The Morgan fingerprint density at radius 2 is 2.00 bits per heavy atom. The van der Waals surface area contributed by atoms with Crippen molar-refractivity contribution in [1.29, 1.82) is 0 Å². The van der Waals surface area contributed by atoms with Crippen LogP contribution in [-0.2, 0) is 4.79 Å². The highest BCUT2D eigenvalue weighted by Crippen LogP contribution is 2.05. The van der Waals surface area contributed by atoms with Gasteiger partial charge >= 0.3 is 0 Å². The summed E-state index contributed by atoms with van der Waals surface area (Å²) in [5, 5.41) is 25.8. The topological polar surface area (TPSA) is 77.8 Å². The number of hydrogen-bond donors (Lipinski definition) is 3. The molecule has 0 saturated carbocycles. The predicted octanol–water partition coefficient (Wildman–Crippen LogP) is -0.982. The monoisotopic (exact) mass is 180 g/mol. The van der Waals surface area contributed by atoms with E-state index in [0.29, 0.717) is 0 Å². The summed E-state index contributed by atoms with van der Waals surface area (Å²) in [4.78, 5) is 10.8. The van der Waals surface area contributed by atoms with Gasteiger partial charge in [-0.15, -0.1) is 0 Å². The Bertz CT molecular complexity index is 148. The van der Waals surface area contributed by atoms with E-state index in [4.69, 9.17) is 15.3 Å². The number of aliphatic hydroxyl groups is 3. The Kier molecular flexibility index (Phi) is 4.96. The fourth-order valence-corrected chi connectivity index (χ4v) is 0.686.